The first-order chi connectivity index (χ1) is 8.83. The fraction of sp³-hybridized carbons (Fsp3) is 0.882. The van der Waals surface area contributed by atoms with Crippen molar-refractivity contribution in [1.82, 2.24) is 0 Å². The summed E-state index contributed by atoms with van der Waals surface area (Å²) in [6.45, 7) is 4.19. The normalized spacial score (nSPS) is 36.6. The van der Waals surface area contributed by atoms with Crippen molar-refractivity contribution in [3.05, 3.63) is 0 Å². The molecule has 2 fully saturated rings. The molecule has 1 nitrogen and oxygen atoms in total. The van der Waals surface area contributed by atoms with E-state index in [4.69, 9.17) is 4.74 Å². The van der Waals surface area contributed by atoms with Gasteiger partial charge in [0.05, 0.1) is 0 Å². The second kappa shape index (κ2) is 7.07. The molecule has 0 saturated heterocycles. The summed E-state index contributed by atoms with van der Waals surface area (Å²) in [4.78, 5) is 0. The molecule has 0 unspecified atom stereocenters. The topological polar surface area (TPSA) is 9.23 Å². The molecule has 18 heavy (non-hydrogen) atoms. The minimum Gasteiger partial charge on any atom is -0.443 e. The van der Waals surface area contributed by atoms with Crippen LogP contribution < -0.4 is 0 Å². The predicted molar refractivity (Wildman–Crippen MR) is 76.0 cm³/mol. The van der Waals surface area contributed by atoms with E-state index in [0.717, 1.165) is 17.8 Å². The smallest absolute Gasteiger partial charge is 0.111 e. The SMILES string of the molecule is CC#COC1CCC(C2CCC(CC)CC2)CC1. The lowest BCUT2D eigenvalue weighted by molar-refractivity contribution is 0.0745. The Kier molecular flexibility index (Phi) is 5.42. The van der Waals surface area contributed by atoms with E-state index >= 15 is 0 Å². The van der Waals surface area contributed by atoms with Crippen molar-refractivity contribution in [2.45, 2.75) is 77.7 Å². The van der Waals surface area contributed by atoms with Gasteiger partial charge in [0.15, 0.2) is 0 Å². The van der Waals surface area contributed by atoms with Gasteiger partial charge in [-0.15, -0.1) is 0 Å². The van der Waals surface area contributed by atoms with Crippen LogP contribution in [0.25, 0.3) is 0 Å². The molecule has 0 aliphatic heterocycles. The number of hydrogen-bond acceptors (Lipinski definition) is 1. The third-order valence-electron chi connectivity index (χ3n) is 5.18. The first-order valence-corrected chi connectivity index (χ1v) is 7.90. The lowest BCUT2D eigenvalue weighted by Gasteiger charge is -2.37. The van der Waals surface area contributed by atoms with Crippen LogP contribution in [0.5, 0.6) is 0 Å². The summed E-state index contributed by atoms with van der Waals surface area (Å²) in [6.07, 6.45) is 15.7. The molecule has 0 spiro atoms. The van der Waals surface area contributed by atoms with E-state index in [0.29, 0.717) is 6.10 Å². The van der Waals surface area contributed by atoms with Crippen LogP contribution >= 0.6 is 0 Å². The van der Waals surface area contributed by atoms with Crippen molar-refractivity contribution in [2.75, 3.05) is 0 Å². The van der Waals surface area contributed by atoms with Crippen molar-refractivity contribution in [3.63, 3.8) is 0 Å². The van der Waals surface area contributed by atoms with Gasteiger partial charge in [0.1, 0.15) is 12.2 Å². The number of ether oxygens (including phenoxy) is 1. The van der Waals surface area contributed by atoms with E-state index in [2.05, 4.69) is 19.0 Å². The van der Waals surface area contributed by atoms with Gasteiger partial charge < -0.3 is 4.74 Å². The van der Waals surface area contributed by atoms with E-state index in [-0.39, 0.29) is 0 Å². The van der Waals surface area contributed by atoms with Gasteiger partial charge in [0, 0.05) is 6.92 Å². The van der Waals surface area contributed by atoms with E-state index in [1.54, 1.807) is 0 Å². The summed E-state index contributed by atoms with van der Waals surface area (Å²) in [5, 5.41) is 0. The lowest BCUT2D eigenvalue weighted by Crippen LogP contribution is -2.28. The molecular weight excluding hydrogens is 220 g/mol. The van der Waals surface area contributed by atoms with Crippen molar-refractivity contribution in [3.8, 4) is 12.0 Å². The van der Waals surface area contributed by atoms with Crippen LogP contribution in [0, 0.1) is 29.8 Å². The molecule has 0 aromatic carbocycles. The van der Waals surface area contributed by atoms with Crippen LogP contribution in [0.3, 0.4) is 0 Å². The maximum Gasteiger partial charge on any atom is 0.111 e. The highest BCUT2D eigenvalue weighted by Gasteiger charge is 2.30. The van der Waals surface area contributed by atoms with Crippen molar-refractivity contribution >= 4 is 0 Å². The standard InChI is InChI=1S/C17H28O/c1-3-13-18-17-11-9-16(10-12-17)15-7-5-14(4-2)6-8-15/h14-17H,4-12H2,1-2H3. The zero-order chi connectivity index (χ0) is 12.8. The Morgan fingerprint density at radius 1 is 0.889 bits per heavy atom. The maximum atomic E-state index is 5.54. The second-order valence-electron chi connectivity index (χ2n) is 6.20. The van der Waals surface area contributed by atoms with Crippen molar-refractivity contribution in [2.24, 2.45) is 17.8 Å². The van der Waals surface area contributed by atoms with Gasteiger partial charge in [0.2, 0.25) is 0 Å². The second-order valence-corrected chi connectivity index (χ2v) is 6.20. The molecule has 0 aromatic rings. The third-order valence-corrected chi connectivity index (χ3v) is 5.18. The molecule has 0 N–H and O–H groups in total. The van der Waals surface area contributed by atoms with Crippen LogP contribution in [-0.4, -0.2) is 6.10 Å². The highest BCUT2D eigenvalue weighted by Crippen LogP contribution is 2.40. The van der Waals surface area contributed by atoms with E-state index in [1.165, 1.54) is 57.8 Å². The Balaban J connectivity index is 1.71. The largest absolute Gasteiger partial charge is 0.443 e. The van der Waals surface area contributed by atoms with Gasteiger partial charge in [0.25, 0.3) is 0 Å². The Morgan fingerprint density at radius 3 is 1.94 bits per heavy atom. The van der Waals surface area contributed by atoms with Gasteiger partial charge in [-0.05, 0) is 56.3 Å². The van der Waals surface area contributed by atoms with Crippen molar-refractivity contribution in [1.29, 1.82) is 0 Å². The molecule has 0 aromatic heterocycles. The Labute approximate surface area is 113 Å². The molecule has 102 valence electrons. The van der Waals surface area contributed by atoms with Crippen LogP contribution in [0.2, 0.25) is 0 Å². The first-order valence-electron chi connectivity index (χ1n) is 7.90. The predicted octanol–water partition coefficient (Wildman–Crippen LogP) is 4.76. The summed E-state index contributed by atoms with van der Waals surface area (Å²) < 4.78 is 5.54. The summed E-state index contributed by atoms with van der Waals surface area (Å²) in [5.74, 6) is 5.86. The molecule has 2 aliphatic rings. The highest BCUT2D eigenvalue weighted by molar-refractivity contribution is 4.88. The van der Waals surface area contributed by atoms with Crippen molar-refractivity contribution < 1.29 is 4.74 Å². The zero-order valence-electron chi connectivity index (χ0n) is 12.1. The molecule has 2 rings (SSSR count). The third kappa shape index (κ3) is 3.67. The first kappa shape index (κ1) is 13.8. The molecule has 1 heteroatoms. The average molecular weight is 248 g/mol. The fourth-order valence-corrected chi connectivity index (χ4v) is 3.89. The molecule has 0 atom stereocenters. The van der Waals surface area contributed by atoms with Gasteiger partial charge in [-0.1, -0.05) is 32.1 Å². The monoisotopic (exact) mass is 248 g/mol. The maximum absolute atomic E-state index is 5.54. The molecule has 0 amide bonds. The molecular formula is C17H28O. The van der Waals surface area contributed by atoms with Crippen LogP contribution in [-0.2, 0) is 4.74 Å². The fourth-order valence-electron chi connectivity index (χ4n) is 3.89. The molecule has 0 radical (unpaired) electrons. The van der Waals surface area contributed by atoms with E-state index in [9.17, 15) is 0 Å². The number of rotatable bonds is 3. The van der Waals surface area contributed by atoms with E-state index < -0.39 is 0 Å². The van der Waals surface area contributed by atoms with Crippen LogP contribution in [0.4, 0.5) is 0 Å². The summed E-state index contributed by atoms with van der Waals surface area (Å²) in [6, 6.07) is 0. The Hall–Kier alpha value is -0.640. The quantitative estimate of drug-likeness (QED) is 0.654. The Bertz CT molecular complexity index is 282. The summed E-state index contributed by atoms with van der Waals surface area (Å²) in [7, 11) is 0. The average Bonchev–Trinajstić information content (AvgIpc) is 2.46. The molecule has 0 bridgehead atoms. The van der Waals surface area contributed by atoms with E-state index in [1.807, 2.05) is 6.92 Å². The highest BCUT2D eigenvalue weighted by atomic mass is 16.5. The minimum atomic E-state index is 0.417. The zero-order valence-corrected chi connectivity index (χ0v) is 12.1. The van der Waals surface area contributed by atoms with Gasteiger partial charge in [-0.2, -0.15) is 0 Å². The minimum absolute atomic E-state index is 0.417. The van der Waals surface area contributed by atoms with Crippen LogP contribution in [0.1, 0.15) is 71.6 Å². The summed E-state index contributed by atoms with van der Waals surface area (Å²) >= 11 is 0. The number of hydrogen-bond donors (Lipinski definition) is 0. The molecule has 2 saturated carbocycles. The lowest BCUT2D eigenvalue weighted by atomic mass is 9.70. The van der Waals surface area contributed by atoms with Crippen LogP contribution in [0.15, 0.2) is 0 Å². The van der Waals surface area contributed by atoms with Gasteiger partial charge in [-0.3, -0.25) is 0 Å². The molecule has 0 heterocycles. The Morgan fingerprint density at radius 2 is 1.44 bits per heavy atom. The summed E-state index contributed by atoms with van der Waals surface area (Å²) in [5.41, 5.74) is 0. The van der Waals surface area contributed by atoms with Gasteiger partial charge in [-0.25, -0.2) is 0 Å². The molecule has 2 aliphatic carbocycles. The van der Waals surface area contributed by atoms with Gasteiger partial charge >= 0.3 is 0 Å².